The van der Waals surface area contributed by atoms with Crippen molar-refractivity contribution in [3.8, 4) is 17.2 Å². The third kappa shape index (κ3) is 5.48. The summed E-state index contributed by atoms with van der Waals surface area (Å²) < 4.78 is 18.0. The highest BCUT2D eigenvalue weighted by atomic mass is 35.5. The standard InChI is InChI=1S/C27H29N3O4.2ClH/c1-17-4-6-21-22(28-17)7-9-25-27(21)34-20(15-32-25)14-30-10-2-3-19(13-30)11-18-5-8-24-23(12-18)29-26(31)16-33-24;;/h4-9,12,19-20H,2-3,10-11,13-16H2,1H3,(H,29,31);2*1H/t19?,20-;;/m0../s1. The molecule has 36 heavy (non-hydrogen) atoms. The van der Waals surface area contributed by atoms with Crippen molar-refractivity contribution in [3.05, 3.63) is 53.7 Å². The van der Waals surface area contributed by atoms with E-state index in [-0.39, 0.29) is 43.4 Å². The molecule has 6 rings (SSSR count). The molecule has 1 saturated heterocycles. The second-order valence-electron chi connectivity index (χ2n) is 9.60. The number of carbonyl (C=O) groups excluding carboxylic acids is 1. The Kier molecular flexibility index (Phi) is 8.13. The number of piperidine rings is 1. The van der Waals surface area contributed by atoms with E-state index in [4.69, 9.17) is 14.2 Å². The normalized spacial score (nSPS) is 20.9. The zero-order valence-electron chi connectivity index (χ0n) is 20.2. The number of hydrogen-bond acceptors (Lipinski definition) is 6. The van der Waals surface area contributed by atoms with Crippen molar-refractivity contribution in [2.75, 3.05) is 38.2 Å². The van der Waals surface area contributed by atoms with Gasteiger partial charge in [0.1, 0.15) is 18.5 Å². The highest BCUT2D eigenvalue weighted by Gasteiger charge is 2.28. The number of nitrogens with zero attached hydrogens (tertiary/aromatic N) is 2. The molecule has 2 atom stereocenters. The maximum absolute atomic E-state index is 11.7. The van der Waals surface area contributed by atoms with E-state index in [1.807, 2.05) is 31.2 Å². The van der Waals surface area contributed by atoms with Crippen LogP contribution in [0.5, 0.6) is 17.2 Å². The summed E-state index contributed by atoms with van der Waals surface area (Å²) in [6.07, 6.45) is 3.36. The van der Waals surface area contributed by atoms with Crippen molar-refractivity contribution < 1.29 is 19.0 Å². The van der Waals surface area contributed by atoms with Gasteiger partial charge in [0.2, 0.25) is 0 Å². The summed E-state index contributed by atoms with van der Waals surface area (Å²) in [6.45, 7) is 5.60. The van der Waals surface area contributed by atoms with E-state index < -0.39 is 0 Å². The largest absolute Gasteiger partial charge is 0.486 e. The molecule has 0 aliphatic carbocycles. The molecule has 3 aromatic rings. The molecule has 1 amide bonds. The third-order valence-corrected chi connectivity index (χ3v) is 6.90. The SMILES string of the molecule is Cc1ccc2c3c(ccc2n1)OC[C@H](CN1CCCC(Cc2ccc4c(c2)NC(=O)CO4)C1)O3.Cl.Cl. The van der Waals surface area contributed by atoms with Crippen LogP contribution in [0.25, 0.3) is 10.9 Å². The van der Waals surface area contributed by atoms with Crippen molar-refractivity contribution in [1.29, 1.82) is 0 Å². The van der Waals surface area contributed by atoms with Crippen LogP contribution in [0.3, 0.4) is 0 Å². The van der Waals surface area contributed by atoms with Gasteiger partial charge in [-0.1, -0.05) is 6.07 Å². The summed E-state index contributed by atoms with van der Waals surface area (Å²) in [4.78, 5) is 18.8. The molecule has 0 saturated carbocycles. The van der Waals surface area contributed by atoms with Gasteiger partial charge in [-0.2, -0.15) is 0 Å². The fraction of sp³-hybridized carbons (Fsp3) is 0.407. The summed E-state index contributed by atoms with van der Waals surface area (Å²) in [6, 6.07) is 14.2. The van der Waals surface area contributed by atoms with Crippen molar-refractivity contribution in [3.63, 3.8) is 0 Å². The third-order valence-electron chi connectivity index (χ3n) is 6.90. The number of hydrogen-bond donors (Lipinski definition) is 1. The fourth-order valence-corrected chi connectivity index (χ4v) is 5.33. The van der Waals surface area contributed by atoms with Crippen LogP contribution in [0, 0.1) is 12.8 Å². The summed E-state index contributed by atoms with van der Waals surface area (Å²) in [7, 11) is 0. The first kappa shape index (κ1) is 26.3. The zero-order valence-corrected chi connectivity index (χ0v) is 21.8. The molecule has 1 fully saturated rings. The molecule has 3 aliphatic rings. The highest BCUT2D eigenvalue weighted by Crippen LogP contribution is 2.38. The molecule has 1 unspecified atom stereocenters. The zero-order chi connectivity index (χ0) is 23.1. The molecule has 1 aromatic heterocycles. The van der Waals surface area contributed by atoms with Gasteiger partial charge in [0.25, 0.3) is 5.91 Å². The molecule has 2 aromatic carbocycles. The fourth-order valence-electron chi connectivity index (χ4n) is 5.33. The Morgan fingerprint density at radius 3 is 2.83 bits per heavy atom. The van der Waals surface area contributed by atoms with Gasteiger partial charge in [0.15, 0.2) is 18.1 Å². The van der Waals surface area contributed by atoms with Crippen LogP contribution < -0.4 is 19.5 Å². The van der Waals surface area contributed by atoms with Crippen molar-refractivity contribution >= 4 is 47.3 Å². The Morgan fingerprint density at radius 1 is 1.08 bits per heavy atom. The smallest absolute Gasteiger partial charge is 0.262 e. The number of fused-ring (bicyclic) bond motifs is 4. The van der Waals surface area contributed by atoms with E-state index in [1.54, 1.807) is 0 Å². The lowest BCUT2D eigenvalue weighted by atomic mass is 9.91. The quantitative estimate of drug-likeness (QED) is 0.520. The Balaban J connectivity index is 0.00000152. The lowest BCUT2D eigenvalue weighted by molar-refractivity contribution is -0.118. The van der Waals surface area contributed by atoms with Gasteiger partial charge in [-0.3, -0.25) is 14.7 Å². The van der Waals surface area contributed by atoms with Crippen LogP contribution in [-0.2, 0) is 11.2 Å². The maximum Gasteiger partial charge on any atom is 0.262 e. The molecule has 0 bridgehead atoms. The minimum atomic E-state index is -0.0940. The number of halogens is 2. The molecular weight excluding hydrogens is 501 g/mol. The number of amides is 1. The number of likely N-dealkylation sites (tertiary alicyclic amines) is 1. The van der Waals surface area contributed by atoms with E-state index in [9.17, 15) is 4.79 Å². The molecule has 4 heterocycles. The summed E-state index contributed by atoms with van der Waals surface area (Å²) in [5.74, 6) is 2.84. The Hall–Kier alpha value is -2.74. The predicted octanol–water partition coefficient (Wildman–Crippen LogP) is 4.81. The van der Waals surface area contributed by atoms with E-state index >= 15 is 0 Å². The van der Waals surface area contributed by atoms with Crippen molar-refractivity contribution in [2.24, 2.45) is 5.92 Å². The molecule has 0 spiro atoms. The molecule has 7 nitrogen and oxygen atoms in total. The molecule has 1 N–H and O–H groups in total. The second kappa shape index (κ2) is 11.1. The van der Waals surface area contributed by atoms with Gasteiger partial charge >= 0.3 is 0 Å². The lowest BCUT2D eigenvalue weighted by Crippen LogP contribution is -2.45. The molecule has 192 valence electrons. The number of ether oxygens (including phenoxy) is 3. The molecular formula is C27H31Cl2N3O4. The number of benzene rings is 2. The van der Waals surface area contributed by atoms with E-state index in [0.717, 1.165) is 65.6 Å². The van der Waals surface area contributed by atoms with E-state index in [2.05, 4.69) is 33.4 Å². The summed E-state index contributed by atoms with van der Waals surface area (Å²) in [5, 5.41) is 3.92. The molecule has 0 radical (unpaired) electrons. The average Bonchev–Trinajstić information content (AvgIpc) is 2.83. The maximum atomic E-state index is 11.7. The van der Waals surface area contributed by atoms with Crippen LogP contribution in [0.1, 0.15) is 24.1 Å². The number of carbonyl (C=O) groups is 1. The first-order valence-corrected chi connectivity index (χ1v) is 12.1. The van der Waals surface area contributed by atoms with Gasteiger partial charge in [0.05, 0.1) is 11.2 Å². The predicted molar refractivity (Wildman–Crippen MR) is 144 cm³/mol. The number of nitrogens with one attached hydrogen (secondary N) is 1. The van der Waals surface area contributed by atoms with Crippen LogP contribution in [0.15, 0.2) is 42.5 Å². The average molecular weight is 532 g/mol. The van der Waals surface area contributed by atoms with Crippen molar-refractivity contribution in [1.82, 2.24) is 9.88 Å². The Morgan fingerprint density at radius 2 is 1.94 bits per heavy atom. The Labute approximate surface area is 223 Å². The van der Waals surface area contributed by atoms with E-state index in [0.29, 0.717) is 12.5 Å². The van der Waals surface area contributed by atoms with Crippen LogP contribution in [-0.4, -0.2) is 54.7 Å². The number of aryl methyl sites for hydroxylation is 1. The number of pyridine rings is 1. The van der Waals surface area contributed by atoms with Gasteiger partial charge in [0, 0.05) is 24.2 Å². The monoisotopic (exact) mass is 531 g/mol. The van der Waals surface area contributed by atoms with Crippen molar-refractivity contribution in [2.45, 2.75) is 32.3 Å². The minimum absolute atomic E-state index is 0. The first-order chi connectivity index (χ1) is 16.6. The van der Waals surface area contributed by atoms with Crippen LogP contribution >= 0.6 is 24.8 Å². The topological polar surface area (TPSA) is 72.9 Å². The van der Waals surface area contributed by atoms with Crippen LogP contribution in [0.2, 0.25) is 0 Å². The number of rotatable bonds is 4. The second-order valence-corrected chi connectivity index (χ2v) is 9.60. The molecule has 9 heteroatoms. The lowest BCUT2D eigenvalue weighted by Gasteiger charge is -2.36. The number of aromatic nitrogens is 1. The van der Waals surface area contributed by atoms with Gasteiger partial charge in [-0.05, 0) is 80.6 Å². The summed E-state index contributed by atoms with van der Waals surface area (Å²) >= 11 is 0. The molecule has 3 aliphatic heterocycles. The summed E-state index contributed by atoms with van der Waals surface area (Å²) in [5.41, 5.74) is 3.95. The van der Waals surface area contributed by atoms with Crippen LogP contribution in [0.4, 0.5) is 5.69 Å². The van der Waals surface area contributed by atoms with E-state index in [1.165, 1.54) is 18.4 Å². The van der Waals surface area contributed by atoms with Gasteiger partial charge < -0.3 is 19.5 Å². The van der Waals surface area contributed by atoms with Gasteiger partial charge in [-0.15, -0.1) is 24.8 Å². The first-order valence-electron chi connectivity index (χ1n) is 12.1. The minimum Gasteiger partial charge on any atom is -0.486 e. The Bertz CT molecular complexity index is 1260. The van der Waals surface area contributed by atoms with Gasteiger partial charge in [-0.25, -0.2) is 0 Å². The number of anilines is 1. The highest BCUT2D eigenvalue weighted by molar-refractivity contribution is 5.95.